The number of anilines is 1. The first kappa shape index (κ1) is 19.6. The Morgan fingerprint density at radius 1 is 1.41 bits per heavy atom. The van der Waals surface area contributed by atoms with Gasteiger partial charge in [-0.3, -0.25) is 9.69 Å². The summed E-state index contributed by atoms with van der Waals surface area (Å²) in [5.41, 5.74) is 1.72. The van der Waals surface area contributed by atoms with E-state index in [-0.39, 0.29) is 30.5 Å². The summed E-state index contributed by atoms with van der Waals surface area (Å²) in [6, 6.07) is 7.00. The van der Waals surface area contributed by atoms with Gasteiger partial charge in [0.2, 0.25) is 5.91 Å². The molecule has 2 aliphatic rings. The summed E-state index contributed by atoms with van der Waals surface area (Å²) in [5.74, 6) is -0.0719. The van der Waals surface area contributed by atoms with Gasteiger partial charge in [-0.1, -0.05) is 38.5 Å². The van der Waals surface area contributed by atoms with Gasteiger partial charge in [-0.2, -0.15) is 0 Å². The van der Waals surface area contributed by atoms with Crippen molar-refractivity contribution in [3.63, 3.8) is 0 Å². The number of para-hydroxylation sites is 1. The standard InChI is InChI=1S/C20H30N4O3/c1-3-14(2)18-19(26)22-17-7-5-4-6-15(17)12-24(18)20(27)21-16-8-9-23(13-16)10-11-25/h4-7,14,16,18,25H,3,8-13H2,1-2H3,(H,21,27)(H,22,26). The lowest BCUT2D eigenvalue weighted by Crippen LogP contribution is -2.54. The lowest BCUT2D eigenvalue weighted by atomic mass is 9.97. The molecule has 0 aromatic heterocycles. The second-order valence-corrected chi connectivity index (χ2v) is 7.56. The SMILES string of the molecule is CCC(C)C1C(=O)Nc2ccccc2CN1C(=O)NC1CCN(CCO)C1. The third kappa shape index (κ3) is 4.42. The molecule has 3 N–H and O–H groups in total. The van der Waals surface area contributed by atoms with Gasteiger partial charge in [-0.15, -0.1) is 0 Å². The van der Waals surface area contributed by atoms with Crippen molar-refractivity contribution in [2.45, 2.75) is 45.3 Å². The van der Waals surface area contributed by atoms with Crippen LogP contribution in [0, 0.1) is 5.92 Å². The molecule has 2 heterocycles. The van der Waals surface area contributed by atoms with Gasteiger partial charge in [0.1, 0.15) is 6.04 Å². The van der Waals surface area contributed by atoms with E-state index in [1.165, 1.54) is 0 Å². The number of hydrogen-bond donors (Lipinski definition) is 3. The van der Waals surface area contributed by atoms with E-state index < -0.39 is 6.04 Å². The monoisotopic (exact) mass is 374 g/mol. The molecule has 0 spiro atoms. The number of urea groups is 1. The molecule has 0 radical (unpaired) electrons. The largest absolute Gasteiger partial charge is 0.395 e. The summed E-state index contributed by atoms with van der Waals surface area (Å²) in [6.07, 6.45) is 1.67. The van der Waals surface area contributed by atoms with E-state index in [0.29, 0.717) is 13.1 Å². The predicted octanol–water partition coefficient (Wildman–Crippen LogP) is 1.63. The molecule has 3 rings (SSSR count). The van der Waals surface area contributed by atoms with Gasteiger partial charge >= 0.3 is 6.03 Å². The average Bonchev–Trinajstić information content (AvgIpc) is 3.02. The third-order valence-corrected chi connectivity index (χ3v) is 5.68. The van der Waals surface area contributed by atoms with E-state index in [9.17, 15) is 9.59 Å². The highest BCUT2D eigenvalue weighted by Gasteiger charge is 2.37. The number of β-amino-alcohol motifs (C(OH)–C–C–N with tert-alkyl or cyclic N) is 1. The van der Waals surface area contributed by atoms with E-state index in [1.54, 1.807) is 4.90 Å². The zero-order valence-electron chi connectivity index (χ0n) is 16.1. The van der Waals surface area contributed by atoms with Crippen LogP contribution in [0.5, 0.6) is 0 Å². The van der Waals surface area contributed by atoms with Gasteiger partial charge in [0.25, 0.3) is 0 Å². The van der Waals surface area contributed by atoms with Gasteiger partial charge in [-0.25, -0.2) is 4.79 Å². The minimum absolute atomic E-state index is 0.0446. The van der Waals surface area contributed by atoms with Crippen molar-refractivity contribution in [2.75, 3.05) is 31.6 Å². The molecule has 27 heavy (non-hydrogen) atoms. The number of likely N-dealkylation sites (tertiary alicyclic amines) is 1. The van der Waals surface area contributed by atoms with Crippen molar-refractivity contribution in [1.82, 2.24) is 15.1 Å². The van der Waals surface area contributed by atoms with Crippen molar-refractivity contribution >= 4 is 17.6 Å². The Kier molecular flexibility index (Phi) is 6.34. The Morgan fingerprint density at radius 3 is 2.93 bits per heavy atom. The molecule has 7 heteroatoms. The first-order valence-electron chi connectivity index (χ1n) is 9.82. The molecule has 0 aliphatic carbocycles. The Bertz CT molecular complexity index is 681. The minimum atomic E-state index is -0.502. The summed E-state index contributed by atoms with van der Waals surface area (Å²) in [4.78, 5) is 29.8. The van der Waals surface area contributed by atoms with Gasteiger partial charge in [0.15, 0.2) is 0 Å². The maximum absolute atomic E-state index is 13.1. The number of benzene rings is 1. The molecule has 0 saturated carbocycles. The number of nitrogens with zero attached hydrogens (tertiary/aromatic N) is 2. The maximum atomic E-state index is 13.1. The van der Waals surface area contributed by atoms with Crippen molar-refractivity contribution < 1.29 is 14.7 Å². The van der Waals surface area contributed by atoms with Crippen molar-refractivity contribution in [2.24, 2.45) is 5.92 Å². The fraction of sp³-hybridized carbons (Fsp3) is 0.600. The number of hydrogen-bond acceptors (Lipinski definition) is 4. The number of aliphatic hydroxyl groups is 1. The van der Waals surface area contributed by atoms with E-state index in [1.807, 2.05) is 38.1 Å². The minimum Gasteiger partial charge on any atom is -0.395 e. The highest BCUT2D eigenvalue weighted by atomic mass is 16.3. The lowest BCUT2D eigenvalue weighted by molar-refractivity contribution is -0.121. The summed E-state index contributed by atoms with van der Waals surface area (Å²) in [6.45, 7) is 6.80. The second kappa shape index (κ2) is 8.71. The Balaban J connectivity index is 1.78. The highest BCUT2D eigenvalue weighted by molar-refractivity contribution is 5.98. The molecule has 3 atom stereocenters. The number of aliphatic hydroxyl groups excluding tert-OH is 1. The van der Waals surface area contributed by atoms with Gasteiger partial charge in [0.05, 0.1) is 13.2 Å². The highest BCUT2D eigenvalue weighted by Crippen LogP contribution is 2.27. The van der Waals surface area contributed by atoms with Crippen LogP contribution in [0.15, 0.2) is 24.3 Å². The summed E-state index contributed by atoms with van der Waals surface area (Å²) in [7, 11) is 0. The molecule has 1 aromatic carbocycles. The number of nitrogens with one attached hydrogen (secondary N) is 2. The molecule has 0 bridgehead atoms. The first-order chi connectivity index (χ1) is 13.0. The third-order valence-electron chi connectivity index (χ3n) is 5.68. The molecular weight excluding hydrogens is 344 g/mol. The fourth-order valence-electron chi connectivity index (χ4n) is 3.95. The second-order valence-electron chi connectivity index (χ2n) is 7.56. The number of fused-ring (bicyclic) bond motifs is 1. The van der Waals surface area contributed by atoms with Crippen LogP contribution < -0.4 is 10.6 Å². The Hall–Kier alpha value is -2.12. The predicted molar refractivity (Wildman–Crippen MR) is 104 cm³/mol. The number of amides is 3. The normalized spacial score (nSPS) is 24.1. The summed E-state index contributed by atoms with van der Waals surface area (Å²) in [5, 5.41) is 15.2. The molecule has 1 saturated heterocycles. The van der Waals surface area contributed by atoms with Crippen molar-refractivity contribution in [1.29, 1.82) is 0 Å². The van der Waals surface area contributed by atoms with E-state index in [2.05, 4.69) is 15.5 Å². The van der Waals surface area contributed by atoms with Gasteiger partial charge < -0.3 is 20.6 Å². The maximum Gasteiger partial charge on any atom is 0.318 e. The van der Waals surface area contributed by atoms with E-state index in [0.717, 1.165) is 37.2 Å². The lowest BCUT2D eigenvalue weighted by Gasteiger charge is -2.33. The van der Waals surface area contributed by atoms with E-state index in [4.69, 9.17) is 5.11 Å². The number of carbonyl (C=O) groups excluding carboxylic acids is 2. The smallest absolute Gasteiger partial charge is 0.318 e. The van der Waals surface area contributed by atoms with Crippen LogP contribution >= 0.6 is 0 Å². The van der Waals surface area contributed by atoms with Crippen LogP contribution in [0.2, 0.25) is 0 Å². The topological polar surface area (TPSA) is 84.9 Å². The molecule has 2 aliphatic heterocycles. The fourth-order valence-corrected chi connectivity index (χ4v) is 3.95. The van der Waals surface area contributed by atoms with Crippen LogP contribution in [-0.2, 0) is 11.3 Å². The van der Waals surface area contributed by atoms with Crippen LogP contribution in [0.25, 0.3) is 0 Å². The van der Waals surface area contributed by atoms with Crippen LogP contribution in [0.1, 0.15) is 32.3 Å². The van der Waals surface area contributed by atoms with Crippen LogP contribution in [0.3, 0.4) is 0 Å². The molecule has 3 unspecified atom stereocenters. The molecular formula is C20H30N4O3. The van der Waals surface area contributed by atoms with Gasteiger partial charge in [-0.05, 0) is 24.0 Å². The van der Waals surface area contributed by atoms with Crippen LogP contribution in [0.4, 0.5) is 10.5 Å². The van der Waals surface area contributed by atoms with E-state index >= 15 is 0 Å². The molecule has 1 aromatic rings. The first-order valence-corrected chi connectivity index (χ1v) is 9.82. The van der Waals surface area contributed by atoms with Gasteiger partial charge in [0, 0.05) is 31.4 Å². The zero-order chi connectivity index (χ0) is 19.4. The summed E-state index contributed by atoms with van der Waals surface area (Å²) < 4.78 is 0. The zero-order valence-corrected chi connectivity index (χ0v) is 16.1. The quantitative estimate of drug-likeness (QED) is 0.731. The molecule has 1 fully saturated rings. The number of carbonyl (C=O) groups is 2. The molecule has 3 amide bonds. The number of rotatable bonds is 5. The Labute approximate surface area is 160 Å². The molecule has 7 nitrogen and oxygen atoms in total. The Morgan fingerprint density at radius 2 is 2.19 bits per heavy atom. The summed E-state index contributed by atoms with van der Waals surface area (Å²) >= 11 is 0. The van der Waals surface area contributed by atoms with Crippen molar-refractivity contribution in [3.8, 4) is 0 Å². The van der Waals surface area contributed by atoms with Crippen molar-refractivity contribution in [3.05, 3.63) is 29.8 Å². The molecule has 148 valence electrons. The van der Waals surface area contributed by atoms with Crippen LogP contribution in [-0.4, -0.2) is 65.2 Å². The average molecular weight is 374 g/mol.